The molecule has 0 radical (unpaired) electrons. The van der Waals surface area contributed by atoms with Crippen LogP contribution in [0, 0.1) is 0 Å². The van der Waals surface area contributed by atoms with Gasteiger partial charge in [0.05, 0.1) is 10.9 Å². The quantitative estimate of drug-likeness (QED) is 0.720. The molecular weight excluding hydrogens is 374 g/mol. The summed E-state index contributed by atoms with van der Waals surface area (Å²) in [5.74, 6) is 0.806. The number of ether oxygens (including phenoxy) is 1. The molecule has 0 spiro atoms. The molecule has 3 aromatic heterocycles. The molecule has 0 saturated carbocycles. The molecule has 26 heavy (non-hydrogen) atoms. The van der Waals surface area contributed by atoms with E-state index in [4.69, 9.17) is 9.15 Å². The lowest BCUT2D eigenvalue weighted by Crippen LogP contribution is -2.20. The van der Waals surface area contributed by atoms with Crippen LogP contribution in [-0.2, 0) is 6.42 Å². The monoisotopic (exact) mass is 389 g/mol. The van der Waals surface area contributed by atoms with Crippen molar-refractivity contribution < 1.29 is 9.15 Å². The summed E-state index contributed by atoms with van der Waals surface area (Å²) in [7, 11) is 0. The summed E-state index contributed by atoms with van der Waals surface area (Å²) in [6, 6.07) is 5.36. The molecule has 3 aromatic rings. The molecule has 134 valence electrons. The second kappa shape index (κ2) is 7.08. The van der Waals surface area contributed by atoms with Gasteiger partial charge in [-0.2, -0.15) is 4.98 Å². The third-order valence-electron chi connectivity index (χ3n) is 3.91. The molecule has 4 rings (SSSR count). The van der Waals surface area contributed by atoms with Crippen LogP contribution in [0.25, 0.3) is 11.1 Å². The van der Waals surface area contributed by atoms with Crippen molar-refractivity contribution in [2.24, 2.45) is 4.99 Å². The average Bonchev–Trinajstić information content (AvgIpc) is 3.30. The summed E-state index contributed by atoms with van der Waals surface area (Å²) in [6.07, 6.45) is 0.534. The normalized spacial score (nSPS) is 16.8. The van der Waals surface area contributed by atoms with E-state index in [1.807, 2.05) is 24.4 Å². The molecule has 1 atom stereocenters. The Hall–Kier alpha value is -2.39. The number of aliphatic imine (C=N–C) groups is 1. The molecule has 0 fully saturated rings. The number of nitrogens with one attached hydrogen (secondary N) is 1. The zero-order chi connectivity index (χ0) is 18.1. The van der Waals surface area contributed by atoms with Gasteiger partial charge >= 0.3 is 5.63 Å². The van der Waals surface area contributed by atoms with Gasteiger partial charge in [-0.05, 0) is 23.4 Å². The number of aromatic amines is 1. The van der Waals surface area contributed by atoms with E-state index in [9.17, 15) is 9.59 Å². The molecule has 1 aliphatic rings. The lowest BCUT2D eigenvalue weighted by Gasteiger charge is -2.08. The summed E-state index contributed by atoms with van der Waals surface area (Å²) >= 11 is 3.33. The molecule has 0 aliphatic carbocycles. The van der Waals surface area contributed by atoms with Crippen molar-refractivity contribution in [2.75, 3.05) is 12.4 Å². The number of aryl methyl sites for hydroxylation is 1. The van der Waals surface area contributed by atoms with Crippen LogP contribution < -0.4 is 15.9 Å². The van der Waals surface area contributed by atoms with Crippen LogP contribution in [0.15, 0.2) is 42.6 Å². The Balaban J connectivity index is 1.55. The summed E-state index contributed by atoms with van der Waals surface area (Å²) in [5, 5.41) is 3.31. The predicted molar refractivity (Wildman–Crippen MR) is 103 cm³/mol. The van der Waals surface area contributed by atoms with Gasteiger partial charge in [-0.15, -0.1) is 23.1 Å². The fourth-order valence-corrected chi connectivity index (χ4v) is 4.58. The maximum absolute atomic E-state index is 12.3. The van der Waals surface area contributed by atoms with Gasteiger partial charge in [-0.25, -0.2) is 4.79 Å². The fourth-order valence-electron chi connectivity index (χ4n) is 2.69. The van der Waals surface area contributed by atoms with Crippen molar-refractivity contribution in [3.8, 4) is 6.01 Å². The third kappa shape index (κ3) is 3.32. The van der Waals surface area contributed by atoms with Gasteiger partial charge in [-0.3, -0.25) is 14.8 Å². The van der Waals surface area contributed by atoms with Crippen LogP contribution in [0.2, 0.25) is 0 Å². The number of aromatic nitrogens is 2. The molecule has 4 heterocycles. The summed E-state index contributed by atoms with van der Waals surface area (Å²) in [4.78, 5) is 36.5. The van der Waals surface area contributed by atoms with E-state index >= 15 is 0 Å². The predicted octanol–water partition coefficient (Wildman–Crippen LogP) is 2.44. The van der Waals surface area contributed by atoms with Gasteiger partial charge in [-0.1, -0.05) is 13.0 Å². The maximum Gasteiger partial charge on any atom is 0.337 e. The van der Waals surface area contributed by atoms with E-state index in [1.54, 1.807) is 23.1 Å². The van der Waals surface area contributed by atoms with Crippen molar-refractivity contribution in [3.63, 3.8) is 0 Å². The highest BCUT2D eigenvalue weighted by atomic mass is 32.2. The second-order valence-electron chi connectivity index (χ2n) is 5.68. The zero-order valence-corrected chi connectivity index (χ0v) is 15.5. The van der Waals surface area contributed by atoms with E-state index in [2.05, 4.69) is 15.0 Å². The highest BCUT2D eigenvalue weighted by Crippen LogP contribution is 2.26. The van der Waals surface area contributed by atoms with Crippen LogP contribution in [-0.4, -0.2) is 33.4 Å². The molecule has 0 amide bonds. The van der Waals surface area contributed by atoms with Crippen molar-refractivity contribution >= 4 is 39.2 Å². The summed E-state index contributed by atoms with van der Waals surface area (Å²) in [6.45, 7) is 2.15. The first-order chi connectivity index (χ1) is 12.6. The lowest BCUT2D eigenvalue weighted by molar-refractivity contribution is 0.276. The topological polar surface area (TPSA) is 97.5 Å². The van der Waals surface area contributed by atoms with E-state index < -0.39 is 5.63 Å². The minimum Gasteiger partial charge on any atom is -0.462 e. The molecule has 0 saturated heterocycles. The van der Waals surface area contributed by atoms with Crippen molar-refractivity contribution in [1.82, 2.24) is 9.97 Å². The Bertz CT molecular complexity index is 1090. The molecular formula is C17H15N3O4S2. The SMILES string of the molecule is CCc1cc(=O)oc2nc(OCC3CSC(c4cccs4)=N3)[nH]c(=O)c12. The number of thioether (sulfide) groups is 1. The zero-order valence-electron chi connectivity index (χ0n) is 13.9. The van der Waals surface area contributed by atoms with Crippen LogP contribution >= 0.6 is 23.1 Å². The molecule has 1 unspecified atom stereocenters. The lowest BCUT2D eigenvalue weighted by atomic mass is 10.1. The van der Waals surface area contributed by atoms with Crippen LogP contribution in [0.5, 0.6) is 6.01 Å². The number of hydrogen-bond donors (Lipinski definition) is 1. The van der Waals surface area contributed by atoms with E-state index in [0.717, 1.165) is 15.7 Å². The van der Waals surface area contributed by atoms with E-state index in [-0.39, 0.29) is 35.3 Å². The smallest absolute Gasteiger partial charge is 0.337 e. The Morgan fingerprint density at radius 3 is 3.08 bits per heavy atom. The third-order valence-corrected chi connectivity index (χ3v) is 6.07. The largest absolute Gasteiger partial charge is 0.462 e. The number of fused-ring (bicyclic) bond motifs is 1. The molecule has 1 N–H and O–H groups in total. The first-order valence-corrected chi connectivity index (χ1v) is 9.95. The minimum absolute atomic E-state index is 0.00308. The second-order valence-corrected chi connectivity index (χ2v) is 7.64. The van der Waals surface area contributed by atoms with Gasteiger partial charge in [0.15, 0.2) is 0 Å². The van der Waals surface area contributed by atoms with Crippen LogP contribution in [0.3, 0.4) is 0 Å². The van der Waals surface area contributed by atoms with Crippen LogP contribution in [0.4, 0.5) is 0 Å². The van der Waals surface area contributed by atoms with Crippen LogP contribution in [0.1, 0.15) is 17.4 Å². The number of H-pyrrole nitrogens is 1. The van der Waals surface area contributed by atoms with Gasteiger partial charge in [0.2, 0.25) is 5.71 Å². The molecule has 1 aliphatic heterocycles. The van der Waals surface area contributed by atoms with Crippen molar-refractivity contribution in [1.29, 1.82) is 0 Å². The number of rotatable bonds is 5. The maximum atomic E-state index is 12.3. The molecule has 0 bridgehead atoms. The van der Waals surface area contributed by atoms with Gasteiger partial charge in [0.25, 0.3) is 11.6 Å². The first kappa shape index (κ1) is 17.0. The van der Waals surface area contributed by atoms with Crippen molar-refractivity contribution in [2.45, 2.75) is 19.4 Å². The average molecular weight is 389 g/mol. The summed E-state index contributed by atoms with van der Waals surface area (Å²) in [5.41, 5.74) is -0.310. The number of nitrogens with zero attached hydrogens (tertiary/aromatic N) is 2. The Morgan fingerprint density at radius 2 is 2.31 bits per heavy atom. The van der Waals surface area contributed by atoms with Crippen molar-refractivity contribution in [3.05, 3.63) is 54.8 Å². The Labute approximate surface area is 156 Å². The Kier molecular flexibility index (Phi) is 4.64. The van der Waals surface area contributed by atoms with Gasteiger partial charge < -0.3 is 9.15 Å². The van der Waals surface area contributed by atoms with Gasteiger partial charge in [0.1, 0.15) is 17.0 Å². The highest BCUT2D eigenvalue weighted by Gasteiger charge is 2.21. The Morgan fingerprint density at radius 1 is 1.42 bits per heavy atom. The first-order valence-electron chi connectivity index (χ1n) is 8.08. The highest BCUT2D eigenvalue weighted by molar-refractivity contribution is 8.15. The fraction of sp³-hybridized carbons (Fsp3) is 0.294. The van der Waals surface area contributed by atoms with E-state index in [0.29, 0.717) is 12.0 Å². The van der Waals surface area contributed by atoms with E-state index in [1.165, 1.54) is 6.07 Å². The molecule has 0 aromatic carbocycles. The standard InChI is InChI=1S/C17H15N3O4S2/c1-2-9-6-12(21)24-15-13(9)14(22)19-17(20-15)23-7-10-8-26-16(18-10)11-4-3-5-25-11/h3-6,10H,2,7-8H2,1H3,(H,19,20,22). The molecule has 7 nitrogen and oxygen atoms in total. The minimum atomic E-state index is -0.532. The summed E-state index contributed by atoms with van der Waals surface area (Å²) < 4.78 is 10.7. The van der Waals surface area contributed by atoms with Gasteiger partial charge in [0, 0.05) is 11.8 Å². The molecule has 9 heteroatoms. The number of hydrogen-bond acceptors (Lipinski definition) is 8. The number of thiophene rings is 1.